The monoisotopic (exact) mass is 532 g/mol. The minimum Gasteiger partial charge on any atom is -0.493 e. The van der Waals surface area contributed by atoms with Gasteiger partial charge in [-0.15, -0.1) is 0 Å². The number of carbonyl (C=O) groups is 2. The standard InChI is InChI=1S/C28H34ClFN2O5/c1-21-17-24(9-10-25(21)29)36-20-28(18-27(34)31-12-3-2-4-13-31)19-32(14-16-37-28)26(33)11-15-35-23-7-5-22(30)6-8-23/h5-10,17H,2-4,11-16,18-20H2,1H3. The van der Waals surface area contributed by atoms with E-state index in [2.05, 4.69) is 0 Å². The Morgan fingerprint density at radius 2 is 1.70 bits per heavy atom. The van der Waals surface area contributed by atoms with E-state index < -0.39 is 5.60 Å². The number of piperidine rings is 1. The van der Waals surface area contributed by atoms with Crippen LogP contribution in [0.15, 0.2) is 42.5 Å². The van der Waals surface area contributed by atoms with Gasteiger partial charge in [-0.05, 0) is 74.2 Å². The van der Waals surface area contributed by atoms with E-state index >= 15 is 0 Å². The molecule has 9 heteroatoms. The maximum Gasteiger partial charge on any atom is 0.226 e. The van der Waals surface area contributed by atoms with Crippen molar-refractivity contribution in [2.24, 2.45) is 0 Å². The Bertz CT molecular complexity index is 1080. The average Bonchev–Trinajstić information content (AvgIpc) is 2.91. The smallest absolute Gasteiger partial charge is 0.226 e. The molecule has 0 N–H and O–H groups in total. The van der Waals surface area contributed by atoms with E-state index in [-0.39, 0.29) is 50.2 Å². The fourth-order valence-corrected chi connectivity index (χ4v) is 4.82. The summed E-state index contributed by atoms with van der Waals surface area (Å²) in [6.45, 7) is 4.66. The summed E-state index contributed by atoms with van der Waals surface area (Å²) in [5, 5.41) is 0.649. The van der Waals surface area contributed by atoms with Gasteiger partial charge >= 0.3 is 0 Å². The number of carbonyl (C=O) groups excluding carboxylic acids is 2. The molecule has 0 saturated carbocycles. The van der Waals surface area contributed by atoms with Gasteiger partial charge < -0.3 is 24.0 Å². The Hall–Kier alpha value is -2.84. The fourth-order valence-electron chi connectivity index (χ4n) is 4.70. The largest absolute Gasteiger partial charge is 0.493 e. The molecular formula is C28H34ClFN2O5. The van der Waals surface area contributed by atoms with E-state index in [9.17, 15) is 14.0 Å². The Balaban J connectivity index is 1.41. The molecule has 7 nitrogen and oxygen atoms in total. The van der Waals surface area contributed by atoms with Gasteiger partial charge in [0.2, 0.25) is 11.8 Å². The van der Waals surface area contributed by atoms with Gasteiger partial charge in [-0.1, -0.05) is 11.6 Å². The lowest BCUT2D eigenvalue weighted by molar-refractivity contribution is -0.166. The van der Waals surface area contributed by atoms with Crippen LogP contribution in [0.2, 0.25) is 5.02 Å². The van der Waals surface area contributed by atoms with Gasteiger partial charge in [0.1, 0.15) is 29.5 Å². The fraction of sp³-hybridized carbons (Fsp3) is 0.500. The second-order valence-corrected chi connectivity index (χ2v) is 10.1. The molecule has 2 heterocycles. The summed E-state index contributed by atoms with van der Waals surface area (Å²) in [5.74, 6) is 0.714. The van der Waals surface area contributed by atoms with Crippen molar-refractivity contribution in [1.29, 1.82) is 0 Å². The molecule has 1 unspecified atom stereocenters. The number of hydrogen-bond donors (Lipinski definition) is 0. The van der Waals surface area contributed by atoms with Crippen molar-refractivity contribution in [2.45, 2.75) is 44.6 Å². The first-order valence-electron chi connectivity index (χ1n) is 12.8. The highest BCUT2D eigenvalue weighted by Crippen LogP contribution is 2.28. The molecule has 2 amide bonds. The molecule has 2 aliphatic rings. The second-order valence-electron chi connectivity index (χ2n) is 9.72. The summed E-state index contributed by atoms with van der Waals surface area (Å²) in [5.41, 5.74) is -0.0755. The molecule has 0 spiro atoms. The van der Waals surface area contributed by atoms with Gasteiger partial charge in [-0.3, -0.25) is 9.59 Å². The lowest BCUT2D eigenvalue weighted by Crippen LogP contribution is -2.58. The Morgan fingerprint density at radius 3 is 2.43 bits per heavy atom. The number of halogens is 2. The number of ether oxygens (including phenoxy) is 3. The minimum absolute atomic E-state index is 0.0181. The van der Waals surface area contributed by atoms with Crippen molar-refractivity contribution in [3.63, 3.8) is 0 Å². The van der Waals surface area contributed by atoms with E-state index in [1.54, 1.807) is 17.0 Å². The molecule has 0 bridgehead atoms. The van der Waals surface area contributed by atoms with Crippen LogP contribution in [0.3, 0.4) is 0 Å². The molecule has 4 rings (SSSR count). The first-order valence-corrected chi connectivity index (χ1v) is 13.2. The first kappa shape index (κ1) is 27.2. The Kier molecular flexibility index (Phi) is 9.27. The zero-order valence-corrected chi connectivity index (χ0v) is 22.0. The molecule has 0 aliphatic carbocycles. The highest BCUT2D eigenvalue weighted by molar-refractivity contribution is 6.31. The van der Waals surface area contributed by atoms with E-state index in [1.807, 2.05) is 17.9 Å². The average molecular weight is 533 g/mol. The summed E-state index contributed by atoms with van der Waals surface area (Å²) < 4.78 is 31.0. The maximum atomic E-state index is 13.2. The third kappa shape index (κ3) is 7.58. The van der Waals surface area contributed by atoms with Gasteiger partial charge in [0, 0.05) is 24.7 Å². The van der Waals surface area contributed by atoms with Crippen LogP contribution in [0, 0.1) is 12.7 Å². The van der Waals surface area contributed by atoms with Crippen LogP contribution < -0.4 is 9.47 Å². The molecule has 200 valence electrons. The van der Waals surface area contributed by atoms with E-state index in [4.69, 9.17) is 25.8 Å². The van der Waals surface area contributed by atoms with Gasteiger partial charge in [-0.25, -0.2) is 4.39 Å². The molecule has 1 atom stereocenters. The molecule has 37 heavy (non-hydrogen) atoms. The maximum absolute atomic E-state index is 13.2. The number of morpholine rings is 1. The normalized spacial score (nSPS) is 20.0. The highest BCUT2D eigenvalue weighted by Gasteiger charge is 2.42. The van der Waals surface area contributed by atoms with Crippen LogP contribution in [-0.2, 0) is 14.3 Å². The SMILES string of the molecule is Cc1cc(OCC2(CC(=O)N3CCCCC3)CN(C(=O)CCOc3ccc(F)cc3)CCO2)ccc1Cl. The number of amides is 2. The topological polar surface area (TPSA) is 68.3 Å². The van der Waals surface area contributed by atoms with Gasteiger partial charge in [0.05, 0.1) is 32.6 Å². The van der Waals surface area contributed by atoms with Crippen LogP contribution in [-0.4, -0.2) is 73.2 Å². The summed E-state index contributed by atoms with van der Waals surface area (Å²) in [4.78, 5) is 29.9. The van der Waals surface area contributed by atoms with E-state index in [0.717, 1.165) is 37.9 Å². The Morgan fingerprint density at radius 1 is 0.973 bits per heavy atom. The van der Waals surface area contributed by atoms with Crippen molar-refractivity contribution in [1.82, 2.24) is 9.80 Å². The van der Waals surface area contributed by atoms with Crippen molar-refractivity contribution in [3.05, 3.63) is 58.9 Å². The predicted molar refractivity (Wildman–Crippen MR) is 139 cm³/mol. The first-order chi connectivity index (χ1) is 17.8. The number of hydrogen-bond acceptors (Lipinski definition) is 5. The van der Waals surface area contributed by atoms with Crippen LogP contribution in [0.4, 0.5) is 4.39 Å². The number of benzene rings is 2. The van der Waals surface area contributed by atoms with Crippen LogP contribution in [0.25, 0.3) is 0 Å². The van der Waals surface area contributed by atoms with Crippen molar-refractivity contribution < 1.29 is 28.2 Å². The zero-order chi connectivity index (χ0) is 26.3. The predicted octanol–water partition coefficient (Wildman–Crippen LogP) is 4.64. The summed E-state index contributed by atoms with van der Waals surface area (Å²) in [7, 11) is 0. The summed E-state index contributed by atoms with van der Waals surface area (Å²) in [6, 6.07) is 11.1. The van der Waals surface area contributed by atoms with Gasteiger partial charge in [0.25, 0.3) is 0 Å². The van der Waals surface area contributed by atoms with Crippen molar-refractivity contribution in [3.8, 4) is 11.5 Å². The molecule has 2 saturated heterocycles. The molecule has 2 aromatic rings. The highest BCUT2D eigenvalue weighted by atomic mass is 35.5. The third-order valence-electron chi connectivity index (χ3n) is 6.81. The number of nitrogens with zero attached hydrogens (tertiary/aromatic N) is 2. The number of rotatable bonds is 9. The molecule has 2 aromatic carbocycles. The molecule has 2 fully saturated rings. The van der Waals surface area contributed by atoms with Crippen molar-refractivity contribution >= 4 is 23.4 Å². The summed E-state index contributed by atoms with van der Waals surface area (Å²) in [6.07, 6.45) is 3.42. The van der Waals surface area contributed by atoms with Crippen LogP contribution >= 0.6 is 11.6 Å². The summed E-state index contributed by atoms with van der Waals surface area (Å²) >= 11 is 6.15. The molecular weight excluding hydrogens is 499 g/mol. The van der Waals surface area contributed by atoms with Gasteiger partial charge in [-0.2, -0.15) is 0 Å². The van der Waals surface area contributed by atoms with E-state index in [1.165, 1.54) is 24.3 Å². The van der Waals surface area contributed by atoms with Crippen LogP contribution in [0.5, 0.6) is 11.5 Å². The third-order valence-corrected chi connectivity index (χ3v) is 7.24. The quantitative estimate of drug-likeness (QED) is 0.471. The minimum atomic E-state index is -0.964. The second kappa shape index (κ2) is 12.6. The van der Waals surface area contributed by atoms with E-state index in [0.29, 0.717) is 29.7 Å². The number of likely N-dealkylation sites (tertiary alicyclic amines) is 1. The van der Waals surface area contributed by atoms with Crippen LogP contribution in [0.1, 0.15) is 37.7 Å². The molecule has 0 aromatic heterocycles. The Labute approximate surface area is 222 Å². The lowest BCUT2D eigenvalue weighted by atomic mass is 9.96. The van der Waals surface area contributed by atoms with Gasteiger partial charge in [0.15, 0.2) is 0 Å². The zero-order valence-electron chi connectivity index (χ0n) is 21.2. The lowest BCUT2D eigenvalue weighted by Gasteiger charge is -2.43. The van der Waals surface area contributed by atoms with Crippen molar-refractivity contribution in [2.75, 3.05) is 46.0 Å². The molecule has 0 radical (unpaired) electrons. The molecule has 2 aliphatic heterocycles. The number of aryl methyl sites for hydroxylation is 1.